The highest BCUT2D eigenvalue weighted by atomic mass is 16.6. The smallest absolute Gasteiger partial charge is 0.410 e. The van der Waals surface area contributed by atoms with Crippen LogP contribution in [0.1, 0.15) is 33.6 Å². The van der Waals surface area contributed by atoms with E-state index in [0.29, 0.717) is 19.7 Å². The van der Waals surface area contributed by atoms with Crippen molar-refractivity contribution in [1.82, 2.24) is 4.90 Å². The van der Waals surface area contributed by atoms with Gasteiger partial charge in [-0.25, -0.2) is 4.79 Å². The van der Waals surface area contributed by atoms with Crippen LogP contribution < -0.4 is 0 Å². The Balaban J connectivity index is 1.97. The van der Waals surface area contributed by atoms with Crippen LogP contribution >= 0.6 is 0 Å². The molecule has 0 saturated carbocycles. The van der Waals surface area contributed by atoms with E-state index < -0.39 is 11.7 Å². The van der Waals surface area contributed by atoms with Gasteiger partial charge in [0, 0.05) is 6.54 Å². The first-order valence-electron chi connectivity index (χ1n) is 6.85. The van der Waals surface area contributed by atoms with Gasteiger partial charge in [0.2, 0.25) is 0 Å². The highest BCUT2D eigenvalue weighted by Gasteiger charge is 2.39. The summed E-state index contributed by atoms with van der Waals surface area (Å²) in [5.41, 5.74) is -0.513. The molecule has 5 heteroatoms. The van der Waals surface area contributed by atoms with Crippen LogP contribution in [-0.4, -0.2) is 47.5 Å². The summed E-state index contributed by atoms with van der Waals surface area (Å²) in [5, 5.41) is 10.1. The average Bonchev–Trinajstić information content (AvgIpc) is 2.70. The van der Waals surface area contributed by atoms with Gasteiger partial charge in [-0.15, -0.1) is 0 Å². The zero-order chi connectivity index (χ0) is 14.0. The van der Waals surface area contributed by atoms with E-state index in [1.165, 1.54) is 0 Å². The van der Waals surface area contributed by atoms with Crippen molar-refractivity contribution >= 4 is 6.09 Å². The summed E-state index contributed by atoms with van der Waals surface area (Å²) in [6.45, 7) is 6.97. The first kappa shape index (κ1) is 14.2. The number of amides is 1. The van der Waals surface area contributed by atoms with Crippen molar-refractivity contribution < 1.29 is 19.4 Å². The van der Waals surface area contributed by atoms with Crippen molar-refractivity contribution in [3.05, 3.63) is 11.8 Å². The number of likely N-dealkylation sites (tertiary alicyclic amines) is 1. The van der Waals surface area contributed by atoms with Gasteiger partial charge in [-0.2, -0.15) is 0 Å². The number of ether oxygens (including phenoxy) is 2. The van der Waals surface area contributed by atoms with Gasteiger partial charge in [-0.3, -0.25) is 0 Å². The fraction of sp³-hybridized carbons (Fsp3) is 0.786. The number of allylic oxidation sites excluding steroid dienone is 1. The minimum atomic E-state index is -0.572. The van der Waals surface area contributed by atoms with Gasteiger partial charge in [-0.05, 0) is 39.7 Å². The minimum absolute atomic E-state index is 0.118. The predicted molar refractivity (Wildman–Crippen MR) is 70.6 cm³/mol. The highest BCUT2D eigenvalue weighted by Crippen LogP contribution is 2.28. The molecule has 2 atom stereocenters. The Morgan fingerprint density at radius 3 is 2.79 bits per heavy atom. The summed E-state index contributed by atoms with van der Waals surface area (Å²) in [6.07, 6.45) is 3.07. The molecule has 1 fully saturated rings. The molecule has 1 N–H and O–H groups in total. The first-order chi connectivity index (χ1) is 8.87. The maximum absolute atomic E-state index is 12.0. The highest BCUT2D eigenvalue weighted by molar-refractivity contribution is 5.68. The third-order valence-electron chi connectivity index (χ3n) is 3.27. The molecule has 2 heterocycles. The third-order valence-corrected chi connectivity index (χ3v) is 3.27. The fourth-order valence-electron chi connectivity index (χ4n) is 2.38. The van der Waals surface area contributed by atoms with Gasteiger partial charge in [0.05, 0.1) is 30.9 Å². The number of rotatable bonds is 1. The summed E-state index contributed by atoms with van der Waals surface area (Å²) in [7, 11) is 0. The lowest BCUT2D eigenvalue weighted by atomic mass is 10.0. The molecule has 0 spiro atoms. The van der Waals surface area contributed by atoms with E-state index >= 15 is 0 Å². The standard InChI is InChI=1S/C14H23NO4/c1-14(2,3)19-13(17)15-8-10(11(16)9-15)12-6-4-5-7-18-12/h6,10-11,16H,4-5,7-9H2,1-3H3/t10-,11-/m1/s1. The lowest BCUT2D eigenvalue weighted by Gasteiger charge is -2.24. The van der Waals surface area contributed by atoms with Crippen LogP contribution in [0, 0.1) is 5.92 Å². The van der Waals surface area contributed by atoms with Crippen molar-refractivity contribution in [2.24, 2.45) is 5.92 Å². The van der Waals surface area contributed by atoms with E-state index in [2.05, 4.69) is 0 Å². The predicted octanol–water partition coefficient (Wildman–Crippen LogP) is 1.91. The van der Waals surface area contributed by atoms with Crippen LogP contribution in [0.3, 0.4) is 0 Å². The Morgan fingerprint density at radius 1 is 1.47 bits per heavy atom. The normalized spacial score (nSPS) is 27.8. The molecule has 19 heavy (non-hydrogen) atoms. The molecule has 0 aromatic carbocycles. The molecule has 1 saturated heterocycles. The SMILES string of the molecule is CC(C)(C)OC(=O)N1C[C@@H](O)[C@H](C2=CCCCO2)C1. The second-order valence-electron chi connectivity index (χ2n) is 6.16. The van der Waals surface area contributed by atoms with Crippen LogP contribution in [0.15, 0.2) is 11.8 Å². The van der Waals surface area contributed by atoms with Crippen LogP contribution in [0.5, 0.6) is 0 Å². The topological polar surface area (TPSA) is 59.0 Å². The quantitative estimate of drug-likeness (QED) is 0.790. The summed E-state index contributed by atoms with van der Waals surface area (Å²) in [5.74, 6) is 0.706. The Hall–Kier alpha value is -1.23. The molecule has 108 valence electrons. The summed E-state index contributed by atoms with van der Waals surface area (Å²) < 4.78 is 10.9. The van der Waals surface area contributed by atoms with Crippen molar-refractivity contribution in [2.45, 2.75) is 45.3 Å². The maximum Gasteiger partial charge on any atom is 0.410 e. The molecule has 0 unspecified atom stereocenters. The Bertz CT molecular complexity index is 372. The van der Waals surface area contributed by atoms with E-state index in [0.717, 1.165) is 18.6 Å². The van der Waals surface area contributed by atoms with Gasteiger partial charge in [0.15, 0.2) is 0 Å². The molecular weight excluding hydrogens is 246 g/mol. The number of β-amino-alcohol motifs (C(OH)–C–C–N with tert-alkyl or cyclic N) is 1. The van der Waals surface area contributed by atoms with Gasteiger partial charge in [-0.1, -0.05) is 0 Å². The molecule has 2 aliphatic rings. The summed E-state index contributed by atoms with van der Waals surface area (Å²) >= 11 is 0. The monoisotopic (exact) mass is 269 g/mol. The molecule has 2 aliphatic heterocycles. The van der Waals surface area contributed by atoms with Gasteiger partial charge in [0.1, 0.15) is 5.60 Å². The van der Waals surface area contributed by atoms with Crippen molar-refractivity contribution in [2.75, 3.05) is 19.7 Å². The number of aliphatic hydroxyl groups is 1. The van der Waals surface area contributed by atoms with E-state index in [9.17, 15) is 9.90 Å². The van der Waals surface area contributed by atoms with Crippen LogP contribution in [0.2, 0.25) is 0 Å². The largest absolute Gasteiger partial charge is 0.498 e. The summed E-state index contributed by atoms with van der Waals surface area (Å²) in [6, 6.07) is 0. The van der Waals surface area contributed by atoms with Gasteiger partial charge < -0.3 is 19.5 Å². The van der Waals surface area contributed by atoms with E-state index in [1.807, 2.05) is 26.8 Å². The van der Waals surface area contributed by atoms with Crippen molar-refractivity contribution in [1.29, 1.82) is 0 Å². The number of carbonyl (C=O) groups is 1. The van der Waals surface area contributed by atoms with E-state index in [-0.39, 0.29) is 12.0 Å². The Kier molecular flexibility index (Phi) is 4.04. The number of hydrogen-bond acceptors (Lipinski definition) is 4. The zero-order valence-electron chi connectivity index (χ0n) is 11.9. The molecule has 5 nitrogen and oxygen atoms in total. The second-order valence-corrected chi connectivity index (χ2v) is 6.16. The number of carbonyl (C=O) groups excluding carboxylic acids is 1. The molecule has 1 amide bonds. The van der Waals surface area contributed by atoms with E-state index in [4.69, 9.17) is 9.47 Å². The van der Waals surface area contributed by atoms with Crippen molar-refractivity contribution in [3.63, 3.8) is 0 Å². The second kappa shape index (κ2) is 5.41. The zero-order valence-corrected chi connectivity index (χ0v) is 11.9. The minimum Gasteiger partial charge on any atom is -0.498 e. The summed E-state index contributed by atoms with van der Waals surface area (Å²) in [4.78, 5) is 13.5. The van der Waals surface area contributed by atoms with Gasteiger partial charge >= 0.3 is 6.09 Å². The maximum atomic E-state index is 12.0. The Labute approximate surface area is 114 Å². The van der Waals surface area contributed by atoms with E-state index in [1.54, 1.807) is 4.90 Å². The van der Waals surface area contributed by atoms with Gasteiger partial charge in [0.25, 0.3) is 0 Å². The third kappa shape index (κ3) is 3.62. The molecule has 0 bridgehead atoms. The van der Waals surface area contributed by atoms with Crippen LogP contribution in [0.4, 0.5) is 4.79 Å². The average molecular weight is 269 g/mol. The number of aliphatic hydroxyl groups excluding tert-OH is 1. The van der Waals surface area contributed by atoms with Crippen molar-refractivity contribution in [3.8, 4) is 0 Å². The molecule has 0 aromatic heterocycles. The molecule has 0 radical (unpaired) electrons. The lowest BCUT2D eigenvalue weighted by Crippen LogP contribution is -2.35. The van der Waals surface area contributed by atoms with Crippen LogP contribution in [-0.2, 0) is 9.47 Å². The Morgan fingerprint density at radius 2 is 2.21 bits per heavy atom. The number of nitrogens with zero attached hydrogens (tertiary/aromatic N) is 1. The molecule has 2 rings (SSSR count). The van der Waals surface area contributed by atoms with Crippen LogP contribution in [0.25, 0.3) is 0 Å². The molecule has 0 aliphatic carbocycles. The first-order valence-corrected chi connectivity index (χ1v) is 6.85. The molecular formula is C14H23NO4. The molecule has 0 aromatic rings. The fourth-order valence-corrected chi connectivity index (χ4v) is 2.38. The lowest BCUT2D eigenvalue weighted by molar-refractivity contribution is 0.0269. The number of hydrogen-bond donors (Lipinski definition) is 1.